The minimum Gasteiger partial charge on any atom is -0.311 e. The predicted octanol–water partition coefficient (Wildman–Crippen LogP) is 4.37. The van der Waals surface area contributed by atoms with Crippen molar-refractivity contribution < 1.29 is 0 Å². The summed E-state index contributed by atoms with van der Waals surface area (Å²) in [5.41, 5.74) is 0. The van der Waals surface area contributed by atoms with Crippen LogP contribution in [0.25, 0.3) is 0 Å². The number of hydrogen-bond acceptors (Lipinski definition) is 1. The second kappa shape index (κ2) is 5.53. The molecule has 3 saturated carbocycles. The smallest absolute Gasteiger partial charge is 0.00723 e. The molecule has 0 aromatic heterocycles. The van der Waals surface area contributed by atoms with E-state index in [1.165, 1.54) is 51.4 Å². The second-order valence-electron chi connectivity index (χ2n) is 7.48. The number of nitrogens with one attached hydrogen (secondary N) is 1. The third-order valence-electron chi connectivity index (χ3n) is 6.32. The summed E-state index contributed by atoms with van der Waals surface area (Å²) >= 11 is 0. The Labute approximate surface area is 113 Å². The summed E-state index contributed by atoms with van der Waals surface area (Å²) in [4.78, 5) is 0. The Hall–Kier alpha value is -0.0400. The monoisotopic (exact) mass is 249 g/mol. The van der Waals surface area contributed by atoms with E-state index in [4.69, 9.17) is 0 Å². The summed E-state index contributed by atoms with van der Waals surface area (Å²) in [5, 5.41) is 3.98. The van der Waals surface area contributed by atoms with E-state index in [1.807, 2.05) is 0 Å². The molecule has 3 aliphatic carbocycles. The van der Waals surface area contributed by atoms with E-state index in [0.29, 0.717) is 0 Å². The van der Waals surface area contributed by atoms with Gasteiger partial charge in [0, 0.05) is 12.1 Å². The lowest BCUT2D eigenvalue weighted by Crippen LogP contribution is -2.44. The van der Waals surface area contributed by atoms with Gasteiger partial charge in [-0.2, -0.15) is 0 Å². The summed E-state index contributed by atoms with van der Waals surface area (Å²) in [6.45, 7) is 4.91. The highest BCUT2D eigenvalue weighted by Crippen LogP contribution is 2.49. The molecule has 1 heteroatoms. The molecule has 5 unspecified atom stereocenters. The highest BCUT2D eigenvalue weighted by molar-refractivity contribution is 4.95. The number of hydrogen-bond donors (Lipinski definition) is 1. The molecule has 3 fully saturated rings. The molecule has 1 N–H and O–H groups in total. The van der Waals surface area contributed by atoms with E-state index >= 15 is 0 Å². The summed E-state index contributed by atoms with van der Waals surface area (Å²) in [7, 11) is 0. The van der Waals surface area contributed by atoms with Gasteiger partial charge < -0.3 is 5.32 Å². The van der Waals surface area contributed by atoms with Crippen LogP contribution >= 0.6 is 0 Å². The van der Waals surface area contributed by atoms with Crippen LogP contribution in [0, 0.1) is 23.7 Å². The van der Waals surface area contributed by atoms with E-state index in [1.54, 1.807) is 6.42 Å². The first kappa shape index (κ1) is 13.0. The molecule has 0 aromatic carbocycles. The van der Waals surface area contributed by atoms with Gasteiger partial charge in [0.05, 0.1) is 0 Å². The molecule has 0 heterocycles. The fourth-order valence-corrected chi connectivity index (χ4v) is 5.21. The molecule has 18 heavy (non-hydrogen) atoms. The van der Waals surface area contributed by atoms with Gasteiger partial charge in [0.15, 0.2) is 0 Å². The Balaban J connectivity index is 1.49. The van der Waals surface area contributed by atoms with E-state index in [0.717, 1.165) is 35.8 Å². The third kappa shape index (κ3) is 2.61. The molecule has 0 amide bonds. The fourth-order valence-electron chi connectivity index (χ4n) is 5.21. The molecule has 1 nitrogen and oxygen atoms in total. The topological polar surface area (TPSA) is 12.0 Å². The molecule has 0 spiro atoms. The normalized spacial score (nSPS) is 40.0. The maximum Gasteiger partial charge on any atom is 0.00723 e. The summed E-state index contributed by atoms with van der Waals surface area (Å²) < 4.78 is 0. The Morgan fingerprint density at radius 2 is 1.61 bits per heavy atom. The van der Waals surface area contributed by atoms with Crippen molar-refractivity contribution in [3.63, 3.8) is 0 Å². The van der Waals surface area contributed by atoms with Crippen LogP contribution < -0.4 is 5.32 Å². The second-order valence-corrected chi connectivity index (χ2v) is 7.48. The largest absolute Gasteiger partial charge is 0.311 e. The van der Waals surface area contributed by atoms with Gasteiger partial charge in [-0.1, -0.05) is 25.7 Å². The van der Waals surface area contributed by atoms with Gasteiger partial charge in [0.1, 0.15) is 0 Å². The average Bonchev–Trinajstić information content (AvgIpc) is 3.02. The van der Waals surface area contributed by atoms with Crippen molar-refractivity contribution >= 4 is 0 Å². The van der Waals surface area contributed by atoms with Gasteiger partial charge in [0.2, 0.25) is 0 Å². The average molecular weight is 249 g/mol. The highest BCUT2D eigenvalue weighted by atomic mass is 15.0. The molecule has 0 aliphatic heterocycles. The zero-order chi connectivity index (χ0) is 12.5. The Morgan fingerprint density at radius 3 is 2.22 bits per heavy atom. The molecular weight excluding hydrogens is 218 g/mol. The zero-order valence-corrected chi connectivity index (χ0v) is 12.3. The first-order valence-corrected chi connectivity index (χ1v) is 8.50. The first-order valence-electron chi connectivity index (χ1n) is 8.50. The molecule has 5 atom stereocenters. The predicted molar refractivity (Wildman–Crippen MR) is 77.6 cm³/mol. The van der Waals surface area contributed by atoms with Crippen LogP contribution in [0.2, 0.25) is 0 Å². The van der Waals surface area contributed by atoms with Crippen LogP contribution in [-0.2, 0) is 0 Å². The van der Waals surface area contributed by atoms with Crippen LogP contribution in [0.1, 0.15) is 71.6 Å². The van der Waals surface area contributed by atoms with E-state index in [2.05, 4.69) is 19.2 Å². The highest BCUT2D eigenvalue weighted by Gasteiger charge is 2.42. The van der Waals surface area contributed by atoms with E-state index in [-0.39, 0.29) is 0 Å². The van der Waals surface area contributed by atoms with Gasteiger partial charge in [-0.15, -0.1) is 0 Å². The van der Waals surface area contributed by atoms with E-state index < -0.39 is 0 Å². The zero-order valence-electron chi connectivity index (χ0n) is 12.3. The van der Waals surface area contributed by atoms with Crippen LogP contribution in [0.4, 0.5) is 0 Å². The van der Waals surface area contributed by atoms with E-state index in [9.17, 15) is 0 Å². The maximum atomic E-state index is 3.98. The van der Waals surface area contributed by atoms with Crippen LogP contribution in [0.15, 0.2) is 0 Å². The van der Waals surface area contributed by atoms with Crippen molar-refractivity contribution in [3.8, 4) is 0 Å². The van der Waals surface area contributed by atoms with Crippen LogP contribution in [-0.4, -0.2) is 12.1 Å². The molecule has 0 saturated heterocycles. The number of rotatable bonds is 4. The lowest BCUT2D eigenvalue weighted by atomic mass is 9.81. The summed E-state index contributed by atoms with van der Waals surface area (Å²) in [6.07, 6.45) is 13.5. The fraction of sp³-hybridized carbons (Fsp3) is 1.00. The van der Waals surface area contributed by atoms with Crippen molar-refractivity contribution in [2.24, 2.45) is 23.7 Å². The van der Waals surface area contributed by atoms with Crippen LogP contribution in [0.5, 0.6) is 0 Å². The summed E-state index contributed by atoms with van der Waals surface area (Å²) in [5.74, 6) is 4.11. The SMILES string of the molecule is CC(NC(C)C1CC2CCC1C2)C1CCCCC1. The Bertz CT molecular complexity index is 269. The molecule has 0 aromatic rings. The van der Waals surface area contributed by atoms with Crippen molar-refractivity contribution in [1.82, 2.24) is 5.32 Å². The molecule has 3 rings (SSSR count). The third-order valence-corrected chi connectivity index (χ3v) is 6.32. The summed E-state index contributed by atoms with van der Waals surface area (Å²) in [6, 6.07) is 1.51. The Morgan fingerprint density at radius 1 is 0.833 bits per heavy atom. The quantitative estimate of drug-likeness (QED) is 0.780. The molecule has 0 radical (unpaired) electrons. The lowest BCUT2D eigenvalue weighted by Gasteiger charge is -2.35. The van der Waals surface area contributed by atoms with Gasteiger partial charge in [0.25, 0.3) is 0 Å². The molecule has 2 bridgehead atoms. The van der Waals surface area contributed by atoms with Crippen LogP contribution in [0.3, 0.4) is 0 Å². The molecular formula is C17H31N. The molecule has 3 aliphatic rings. The van der Waals surface area contributed by atoms with Gasteiger partial charge >= 0.3 is 0 Å². The van der Waals surface area contributed by atoms with Crippen molar-refractivity contribution in [2.75, 3.05) is 0 Å². The van der Waals surface area contributed by atoms with Crippen molar-refractivity contribution in [2.45, 2.75) is 83.7 Å². The first-order chi connectivity index (χ1) is 8.74. The van der Waals surface area contributed by atoms with Gasteiger partial charge in [-0.3, -0.25) is 0 Å². The maximum absolute atomic E-state index is 3.98. The lowest BCUT2D eigenvalue weighted by molar-refractivity contribution is 0.208. The Kier molecular flexibility index (Phi) is 3.98. The minimum absolute atomic E-state index is 0.749. The molecule has 104 valence electrons. The number of fused-ring (bicyclic) bond motifs is 2. The minimum atomic E-state index is 0.749. The van der Waals surface area contributed by atoms with Gasteiger partial charge in [-0.25, -0.2) is 0 Å². The standard InChI is InChI=1S/C17H31N/c1-12(15-6-4-3-5-7-15)18-13(2)17-11-14-8-9-16(17)10-14/h12-18H,3-11H2,1-2H3. The van der Waals surface area contributed by atoms with Crippen molar-refractivity contribution in [1.29, 1.82) is 0 Å². The van der Waals surface area contributed by atoms with Gasteiger partial charge in [-0.05, 0) is 69.6 Å². The van der Waals surface area contributed by atoms with Crippen molar-refractivity contribution in [3.05, 3.63) is 0 Å².